The SMILES string of the molecule is CN(C)CC=CC(=O)N1CC2CCCC2C1n1nc(-c2ccc(C(=O)Nc3ccccc3)cc2)c2c(N)ncnc21. The first kappa shape index (κ1) is 26.6. The molecule has 1 aliphatic heterocycles. The number of likely N-dealkylation sites (N-methyl/N-ethyl adjacent to an activating group) is 1. The Balaban J connectivity index is 1.36. The molecule has 0 radical (unpaired) electrons. The van der Waals surface area contributed by atoms with Gasteiger partial charge in [-0.2, -0.15) is 5.10 Å². The van der Waals surface area contributed by atoms with E-state index in [4.69, 9.17) is 10.8 Å². The van der Waals surface area contributed by atoms with Crippen LogP contribution in [0.5, 0.6) is 0 Å². The van der Waals surface area contributed by atoms with Crippen molar-refractivity contribution < 1.29 is 9.59 Å². The molecular formula is C31H34N8O2. The van der Waals surface area contributed by atoms with E-state index in [0.717, 1.165) is 30.5 Å². The zero-order valence-electron chi connectivity index (χ0n) is 23.3. The van der Waals surface area contributed by atoms with Gasteiger partial charge in [0.1, 0.15) is 24.0 Å². The maximum absolute atomic E-state index is 13.4. The lowest BCUT2D eigenvalue weighted by atomic mass is 9.98. The number of nitrogen functional groups attached to an aromatic ring is 1. The number of aromatic nitrogens is 4. The Bertz CT molecular complexity index is 1600. The molecule has 6 rings (SSSR count). The second-order valence-electron chi connectivity index (χ2n) is 11.1. The Morgan fingerprint density at radius 2 is 1.85 bits per heavy atom. The summed E-state index contributed by atoms with van der Waals surface area (Å²) in [6.45, 7) is 1.39. The van der Waals surface area contributed by atoms with Crippen LogP contribution in [0.25, 0.3) is 22.3 Å². The van der Waals surface area contributed by atoms with Gasteiger partial charge in [-0.3, -0.25) is 9.59 Å². The molecule has 41 heavy (non-hydrogen) atoms. The predicted octanol–water partition coefficient (Wildman–Crippen LogP) is 4.20. The van der Waals surface area contributed by atoms with Gasteiger partial charge in [0.2, 0.25) is 5.91 Å². The van der Waals surface area contributed by atoms with Crippen molar-refractivity contribution in [1.82, 2.24) is 29.5 Å². The fourth-order valence-corrected chi connectivity index (χ4v) is 6.16. The molecule has 3 heterocycles. The predicted molar refractivity (Wildman–Crippen MR) is 159 cm³/mol. The van der Waals surface area contributed by atoms with E-state index in [9.17, 15) is 9.59 Å². The van der Waals surface area contributed by atoms with Gasteiger partial charge in [-0.1, -0.05) is 42.8 Å². The maximum Gasteiger partial charge on any atom is 0.255 e. The lowest BCUT2D eigenvalue weighted by Crippen LogP contribution is -2.35. The number of para-hydroxylation sites is 1. The summed E-state index contributed by atoms with van der Waals surface area (Å²) in [6.07, 6.45) is 8.02. The van der Waals surface area contributed by atoms with Crippen molar-refractivity contribution in [3.05, 3.63) is 78.6 Å². The van der Waals surface area contributed by atoms with Crippen LogP contribution in [0.15, 0.2) is 73.1 Å². The van der Waals surface area contributed by atoms with Gasteiger partial charge in [0, 0.05) is 41.9 Å². The van der Waals surface area contributed by atoms with E-state index in [1.807, 2.05) is 77.1 Å². The fourth-order valence-electron chi connectivity index (χ4n) is 6.16. The summed E-state index contributed by atoms with van der Waals surface area (Å²) in [5.41, 5.74) is 9.68. The van der Waals surface area contributed by atoms with Crippen molar-refractivity contribution in [2.24, 2.45) is 11.8 Å². The van der Waals surface area contributed by atoms with Crippen LogP contribution in [0.2, 0.25) is 0 Å². The van der Waals surface area contributed by atoms with Crippen LogP contribution < -0.4 is 11.1 Å². The highest BCUT2D eigenvalue weighted by molar-refractivity contribution is 6.05. The summed E-state index contributed by atoms with van der Waals surface area (Å²) < 4.78 is 1.88. The Kier molecular flexibility index (Phi) is 7.23. The van der Waals surface area contributed by atoms with Crippen molar-refractivity contribution in [1.29, 1.82) is 0 Å². The van der Waals surface area contributed by atoms with Gasteiger partial charge < -0.3 is 20.9 Å². The third-order valence-corrected chi connectivity index (χ3v) is 8.09. The lowest BCUT2D eigenvalue weighted by Gasteiger charge is -2.27. The van der Waals surface area contributed by atoms with Gasteiger partial charge in [0.15, 0.2) is 5.65 Å². The molecule has 2 amide bonds. The molecule has 2 fully saturated rings. The summed E-state index contributed by atoms with van der Waals surface area (Å²) >= 11 is 0. The van der Waals surface area contributed by atoms with Crippen LogP contribution in [-0.4, -0.2) is 68.5 Å². The third-order valence-electron chi connectivity index (χ3n) is 8.09. The standard InChI is InChI=1S/C31H34N8O2/c1-37(2)17-7-12-25(40)38-18-22-8-6-11-24(22)31(38)39-29-26(28(32)33-19-34-29)27(36-39)20-13-15-21(16-14-20)30(41)35-23-9-4-3-5-10-23/h3-5,7,9-10,12-16,19,22,24,31H,6,8,11,17-18H2,1-2H3,(H,35,41)(H2,32,33,34). The quantitative estimate of drug-likeness (QED) is 0.331. The van der Waals surface area contributed by atoms with Crippen molar-refractivity contribution in [2.75, 3.05) is 38.2 Å². The number of nitrogens with zero attached hydrogens (tertiary/aromatic N) is 6. The number of likely N-dealkylation sites (tertiary alicyclic amines) is 1. The minimum atomic E-state index is -0.263. The molecule has 210 valence electrons. The van der Waals surface area contributed by atoms with Crippen molar-refractivity contribution in [3.63, 3.8) is 0 Å². The van der Waals surface area contributed by atoms with E-state index in [0.29, 0.717) is 47.1 Å². The van der Waals surface area contributed by atoms with Gasteiger partial charge in [-0.15, -0.1) is 0 Å². The van der Waals surface area contributed by atoms with Crippen LogP contribution in [0.3, 0.4) is 0 Å². The number of nitrogens with two attached hydrogens (primary N) is 1. The average molecular weight is 551 g/mol. The summed E-state index contributed by atoms with van der Waals surface area (Å²) in [6, 6.07) is 16.6. The van der Waals surface area contributed by atoms with Gasteiger partial charge in [-0.05, 0) is 57.1 Å². The maximum atomic E-state index is 13.4. The zero-order valence-corrected chi connectivity index (χ0v) is 23.3. The van der Waals surface area contributed by atoms with Crippen molar-refractivity contribution in [3.8, 4) is 11.3 Å². The number of carbonyl (C=O) groups is 2. The molecule has 1 saturated heterocycles. The smallest absolute Gasteiger partial charge is 0.255 e. The minimum Gasteiger partial charge on any atom is -0.383 e. The summed E-state index contributed by atoms with van der Waals surface area (Å²) in [5.74, 6) is 0.822. The van der Waals surface area contributed by atoms with Crippen LogP contribution in [0.1, 0.15) is 35.8 Å². The first-order valence-corrected chi connectivity index (χ1v) is 14.0. The van der Waals surface area contributed by atoms with E-state index in [1.54, 1.807) is 18.2 Å². The van der Waals surface area contributed by atoms with E-state index >= 15 is 0 Å². The van der Waals surface area contributed by atoms with Crippen molar-refractivity contribution >= 4 is 34.4 Å². The third kappa shape index (κ3) is 5.18. The highest BCUT2D eigenvalue weighted by Crippen LogP contribution is 2.48. The van der Waals surface area contributed by atoms with Gasteiger partial charge in [0.25, 0.3) is 5.91 Å². The molecule has 1 aliphatic carbocycles. The largest absolute Gasteiger partial charge is 0.383 e. The molecule has 3 atom stereocenters. The molecular weight excluding hydrogens is 516 g/mol. The summed E-state index contributed by atoms with van der Waals surface area (Å²) in [4.78, 5) is 39.1. The van der Waals surface area contributed by atoms with Crippen molar-refractivity contribution in [2.45, 2.75) is 25.4 Å². The molecule has 1 saturated carbocycles. The number of nitrogens with one attached hydrogen (secondary N) is 1. The zero-order chi connectivity index (χ0) is 28.5. The van der Waals surface area contributed by atoms with Crippen LogP contribution in [0.4, 0.5) is 11.5 Å². The number of benzene rings is 2. The normalized spacial score (nSPS) is 20.3. The molecule has 0 bridgehead atoms. The topological polar surface area (TPSA) is 122 Å². The first-order valence-electron chi connectivity index (χ1n) is 14.0. The molecule has 10 heteroatoms. The van der Waals surface area contributed by atoms with Gasteiger partial charge >= 0.3 is 0 Å². The highest BCUT2D eigenvalue weighted by Gasteiger charge is 2.47. The highest BCUT2D eigenvalue weighted by atomic mass is 16.2. The number of fused-ring (bicyclic) bond motifs is 2. The second-order valence-corrected chi connectivity index (χ2v) is 11.1. The molecule has 3 N–H and O–H groups in total. The minimum absolute atomic E-state index is 0.0211. The Morgan fingerprint density at radius 1 is 1.07 bits per heavy atom. The molecule has 4 aromatic rings. The Labute approximate surface area is 238 Å². The van der Waals surface area contributed by atoms with E-state index in [1.165, 1.54) is 6.33 Å². The molecule has 2 aromatic heterocycles. The number of anilines is 2. The Morgan fingerprint density at radius 3 is 2.61 bits per heavy atom. The molecule has 3 unspecified atom stereocenters. The van der Waals surface area contributed by atoms with E-state index in [-0.39, 0.29) is 23.9 Å². The van der Waals surface area contributed by atoms with E-state index < -0.39 is 0 Å². The lowest BCUT2D eigenvalue weighted by molar-refractivity contribution is -0.129. The number of hydrogen-bond acceptors (Lipinski definition) is 7. The van der Waals surface area contributed by atoms with Crippen LogP contribution >= 0.6 is 0 Å². The molecule has 2 aliphatic rings. The molecule has 2 aromatic carbocycles. The number of rotatable bonds is 7. The monoisotopic (exact) mass is 550 g/mol. The average Bonchev–Trinajstić information content (AvgIpc) is 3.67. The Hall–Kier alpha value is -4.57. The first-order chi connectivity index (χ1) is 19.9. The van der Waals surface area contributed by atoms with Gasteiger partial charge in [0.05, 0.1) is 5.39 Å². The number of amides is 2. The van der Waals surface area contributed by atoms with Gasteiger partial charge in [-0.25, -0.2) is 14.6 Å². The van der Waals surface area contributed by atoms with Crippen LogP contribution in [-0.2, 0) is 4.79 Å². The molecule has 0 spiro atoms. The van der Waals surface area contributed by atoms with Crippen LogP contribution in [0, 0.1) is 11.8 Å². The number of carbonyl (C=O) groups excluding carboxylic acids is 2. The second kappa shape index (κ2) is 11.1. The number of hydrogen-bond donors (Lipinski definition) is 2. The summed E-state index contributed by atoms with van der Waals surface area (Å²) in [5, 5.41) is 8.61. The molecule has 10 nitrogen and oxygen atoms in total. The fraction of sp³-hybridized carbons (Fsp3) is 0.323. The van der Waals surface area contributed by atoms with E-state index in [2.05, 4.69) is 15.3 Å². The summed E-state index contributed by atoms with van der Waals surface area (Å²) in [7, 11) is 3.95.